The van der Waals surface area contributed by atoms with Crippen LogP contribution in [0.2, 0.25) is 0 Å². The van der Waals surface area contributed by atoms with E-state index in [4.69, 9.17) is 14.0 Å². The lowest BCUT2D eigenvalue weighted by atomic mass is 9.66. The summed E-state index contributed by atoms with van der Waals surface area (Å²) in [7, 11) is 0. The van der Waals surface area contributed by atoms with Crippen molar-refractivity contribution in [2.75, 3.05) is 11.5 Å². The van der Waals surface area contributed by atoms with E-state index in [1.165, 1.54) is 4.90 Å². The first-order valence-electron chi connectivity index (χ1n) is 12.4. The molecular weight excluding hydrogens is 488 g/mol. The highest BCUT2D eigenvalue weighted by Crippen LogP contribution is 2.62. The Morgan fingerprint density at radius 1 is 1.13 bits per heavy atom. The zero-order valence-electron chi connectivity index (χ0n) is 20.3. The van der Waals surface area contributed by atoms with Crippen molar-refractivity contribution in [3.8, 4) is 11.9 Å². The minimum Gasteiger partial charge on any atom is -0.475 e. The molecule has 3 aliphatic rings. The summed E-state index contributed by atoms with van der Waals surface area (Å²) in [6, 6.07) is 16.0. The van der Waals surface area contributed by atoms with E-state index < -0.39 is 41.0 Å². The summed E-state index contributed by atoms with van der Waals surface area (Å²) in [6.45, 7) is 1.84. The monoisotopic (exact) mass is 510 g/mol. The van der Waals surface area contributed by atoms with Crippen LogP contribution in [0.15, 0.2) is 59.3 Å². The fraction of sp³-hybridized carbons (Fsp3) is 0.321. The third kappa shape index (κ3) is 2.88. The molecule has 1 N–H and O–H groups in total. The molecule has 5 heterocycles. The van der Waals surface area contributed by atoms with Crippen LogP contribution in [0.25, 0.3) is 21.9 Å². The number of aliphatic hydroxyl groups is 1. The molecule has 0 radical (unpaired) electrons. The number of amides is 2. The number of carbonyl (C=O) groups excluding carboxylic acids is 2. The van der Waals surface area contributed by atoms with Gasteiger partial charge in [0.2, 0.25) is 11.8 Å². The number of carbonyl (C=O) groups is 2. The fourth-order valence-electron chi connectivity index (χ4n) is 6.59. The number of anilines is 1. The van der Waals surface area contributed by atoms with E-state index in [0.717, 1.165) is 5.39 Å². The van der Waals surface area contributed by atoms with Crippen molar-refractivity contribution in [2.24, 2.45) is 11.8 Å². The average Bonchev–Trinajstić information content (AvgIpc) is 3.61. The Morgan fingerprint density at radius 2 is 1.92 bits per heavy atom. The molecule has 5 unspecified atom stereocenters. The molecule has 2 aromatic heterocycles. The summed E-state index contributed by atoms with van der Waals surface area (Å²) in [5, 5.41) is 25.8. The topological polar surface area (TPSA) is 139 Å². The number of rotatable bonds is 5. The Balaban J connectivity index is 1.23. The number of hydrogen-bond acceptors (Lipinski definition) is 9. The number of aliphatic hydroxyl groups excluding tert-OH is 1. The highest BCUT2D eigenvalue weighted by atomic mass is 16.6. The summed E-state index contributed by atoms with van der Waals surface area (Å²) < 4.78 is 17.6. The van der Waals surface area contributed by atoms with E-state index in [0.29, 0.717) is 33.6 Å². The van der Waals surface area contributed by atoms with E-state index in [1.807, 2.05) is 18.2 Å². The second-order valence-corrected chi connectivity index (χ2v) is 10.3. The van der Waals surface area contributed by atoms with E-state index >= 15 is 0 Å². The molecule has 10 nitrogen and oxygen atoms in total. The van der Waals surface area contributed by atoms with Gasteiger partial charge < -0.3 is 19.1 Å². The molecule has 0 aliphatic carbocycles. The number of aromatic nitrogens is 2. The smallest absolute Gasteiger partial charge is 0.262 e. The molecule has 0 spiro atoms. The molecule has 5 atom stereocenters. The minimum absolute atomic E-state index is 0.147. The first-order valence-corrected chi connectivity index (χ1v) is 12.4. The average molecular weight is 511 g/mol. The fourth-order valence-corrected chi connectivity index (χ4v) is 6.59. The second kappa shape index (κ2) is 7.84. The van der Waals surface area contributed by atoms with Crippen molar-refractivity contribution in [2.45, 2.75) is 37.1 Å². The SMILES string of the molecule is CC12OC(CCOc3noc4ccccc34)(CC1O)C1C(=O)N(c3ccc(C#N)c4ncccc34)C(=O)C12. The van der Waals surface area contributed by atoms with Crippen molar-refractivity contribution in [1.82, 2.24) is 10.1 Å². The van der Waals surface area contributed by atoms with Crippen LogP contribution < -0.4 is 9.64 Å². The van der Waals surface area contributed by atoms with Gasteiger partial charge in [-0.25, -0.2) is 4.90 Å². The molecule has 2 bridgehead atoms. The second-order valence-electron chi connectivity index (χ2n) is 10.3. The zero-order chi connectivity index (χ0) is 26.2. The maximum absolute atomic E-state index is 14.0. The third-order valence-electron chi connectivity index (χ3n) is 8.33. The van der Waals surface area contributed by atoms with E-state index in [-0.39, 0.29) is 19.4 Å². The van der Waals surface area contributed by atoms with Gasteiger partial charge >= 0.3 is 0 Å². The van der Waals surface area contributed by atoms with Gasteiger partial charge in [0.25, 0.3) is 5.88 Å². The summed E-state index contributed by atoms with van der Waals surface area (Å²) in [5.74, 6) is -2.13. The lowest BCUT2D eigenvalue weighted by Gasteiger charge is -2.33. The molecular formula is C28H22N4O6. The molecule has 2 aromatic carbocycles. The number of para-hydroxylation sites is 1. The quantitative estimate of drug-likeness (QED) is 0.401. The largest absolute Gasteiger partial charge is 0.475 e. The zero-order valence-corrected chi connectivity index (χ0v) is 20.3. The molecule has 3 saturated heterocycles. The van der Waals surface area contributed by atoms with Crippen LogP contribution in [0.3, 0.4) is 0 Å². The first kappa shape index (κ1) is 22.8. The summed E-state index contributed by atoms with van der Waals surface area (Å²) in [5.41, 5.74) is -0.567. The summed E-state index contributed by atoms with van der Waals surface area (Å²) in [6.07, 6.45) is 1.11. The number of imide groups is 1. The number of benzene rings is 2. The Labute approximate surface area is 216 Å². The highest BCUT2D eigenvalue weighted by molar-refractivity contribution is 6.26. The van der Waals surface area contributed by atoms with Crippen LogP contribution in [0.4, 0.5) is 5.69 Å². The lowest BCUT2D eigenvalue weighted by Crippen LogP contribution is -2.49. The normalized spacial score (nSPS) is 29.8. The van der Waals surface area contributed by atoms with Gasteiger partial charge in [-0.1, -0.05) is 12.1 Å². The van der Waals surface area contributed by atoms with Gasteiger partial charge in [0.1, 0.15) is 11.7 Å². The van der Waals surface area contributed by atoms with E-state index in [1.54, 1.807) is 43.5 Å². The van der Waals surface area contributed by atoms with Crippen molar-refractivity contribution in [3.05, 3.63) is 60.3 Å². The number of nitrogens with zero attached hydrogens (tertiary/aromatic N) is 4. The van der Waals surface area contributed by atoms with Gasteiger partial charge in [-0.3, -0.25) is 14.6 Å². The van der Waals surface area contributed by atoms with Crippen LogP contribution in [0.1, 0.15) is 25.3 Å². The van der Waals surface area contributed by atoms with Crippen molar-refractivity contribution >= 4 is 39.4 Å². The molecule has 7 rings (SSSR count). The van der Waals surface area contributed by atoms with Gasteiger partial charge in [0.15, 0.2) is 5.58 Å². The molecule has 3 fully saturated rings. The van der Waals surface area contributed by atoms with Crippen LogP contribution in [-0.2, 0) is 14.3 Å². The number of ether oxygens (including phenoxy) is 2. The molecule has 2 amide bonds. The van der Waals surface area contributed by atoms with Gasteiger partial charge in [-0.05, 0) is 48.5 Å². The Morgan fingerprint density at radius 3 is 2.76 bits per heavy atom. The predicted octanol–water partition coefficient (Wildman–Crippen LogP) is 3.11. The summed E-state index contributed by atoms with van der Waals surface area (Å²) >= 11 is 0. The van der Waals surface area contributed by atoms with Crippen molar-refractivity contribution < 1.29 is 28.7 Å². The van der Waals surface area contributed by atoms with Crippen LogP contribution >= 0.6 is 0 Å². The Bertz CT molecular complexity index is 1690. The van der Waals surface area contributed by atoms with Gasteiger partial charge in [0.05, 0.1) is 52.3 Å². The van der Waals surface area contributed by atoms with Crippen LogP contribution in [0, 0.1) is 23.2 Å². The standard InChI is InChI=1S/C28H22N4O6/c1-27-20(33)13-28(38-27,10-12-36-24-17-5-2-3-7-19(17)37-31-24)22-21(27)25(34)32(26(22)35)18-9-8-15(14-29)23-16(18)6-4-11-30-23/h2-9,11,20-22,33H,10,12-13H2,1H3. The molecule has 10 heteroatoms. The number of hydrogen-bond donors (Lipinski definition) is 1. The Hall–Kier alpha value is -4.33. The van der Waals surface area contributed by atoms with Crippen molar-refractivity contribution in [3.63, 3.8) is 0 Å². The molecule has 0 saturated carbocycles. The van der Waals surface area contributed by atoms with Crippen LogP contribution in [-0.4, -0.2) is 51.0 Å². The predicted molar refractivity (Wildman–Crippen MR) is 133 cm³/mol. The Kier molecular flexibility index (Phi) is 4.71. The molecule has 190 valence electrons. The molecule has 3 aliphatic heterocycles. The number of nitriles is 1. The minimum atomic E-state index is -1.21. The van der Waals surface area contributed by atoms with Gasteiger partial charge in [-0.2, -0.15) is 5.26 Å². The maximum Gasteiger partial charge on any atom is 0.262 e. The van der Waals surface area contributed by atoms with Gasteiger partial charge in [0, 0.05) is 24.4 Å². The number of fused-ring (bicyclic) bond motifs is 7. The highest BCUT2D eigenvalue weighted by Gasteiger charge is 2.77. The molecule has 4 aromatic rings. The lowest BCUT2D eigenvalue weighted by molar-refractivity contribution is -0.134. The third-order valence-corrected chi connectivity index (χ3v) is 8.33. The first-order chi connectivity index (χ1) is 18.4. The molecule has 38 heavy (non-hydrogen) atoms. The van der Waals surface area contributed by atoms with Gasteiger partial charge in [-0.15, -0.1) is 0 Å². The van der Waals surface area contributed by atoms with E-state index in [2.05, 4.69) is 16.2 Å². The van der Waals surface area contributed by atoms with Crippen LogP contribution in [0.5, 0.6) is 5.88 Å². The summed E-state index contributed by atoms with van der Waals surface area (Å²) in [4.78, 5) is 33.3. The number of pyridine rings is 1. The maximum atomic E-state index is 14.0. The van der Waals surface area contributed by atoms with E-state index in [9.17, 15) is 20.0 Å². The van der Waals surface area contributed by atoms with Crippen molar-refractivity contribution in [1.29, 1.82) is 5.26 Å².